The first-order chi connectivity index (χ1) is 6.84. The van der Waals surface area contributed by atoms with E-state index in [1.807, 2.05) is 0 Å². The Morgan fingerprint density at radius 2 is 2.14 bits per heavy atom. The van der Waals surface area contributed by atoms with Crippen LogP contribution in [0.2, 0.25) is 0 Å². The fourth-order valence-corrected chi connectivity index (χ4v) is 1.56. The van der Waals surface area contributed by atoms with Crippen molar-refractivity contribution in [1.29, 1.82) is 0 Å². The van der Waals surface area contributed by atoms with Gasteiger partial charge >= 0.3 is 5.97 Å². The molecule has 0 aromatic carbocycles. The van der Waals surface area contributed by atoms with Crippen molar-refractivity contribution < 1.29 is 19.0 Å². The number of hydrogen-bond donors (Lipinski definition) is 0. The fourth-order valence-electron chi connectivity index (χ4n) is 1.56. The molecule has 2 rings (SSSR count). The zero-order valence-corrected chi connectivity index (χ0v) is 8.03. The lowest BCUT2D eigenvalue weighted by Gasteiger charge is -2.23. The third-order valence-electron chi connectivity index (χ3n) is 2.32. The number of hydrogen-bond acceptors (Lipinski definition) is 4. The predicted molar refractivity (Wildman–Crippen MR) is 48.6 cm³/mol. The van der Waals surface area contributed by atoms with E-state index in [0.717, 1.165) is 38.0 Å². The second-order valence-corrected chi connectivity index (χ2v) is 3.47. The SMILES string of the molecule is O=C1C=C(CCC2OCCCO2)CO1. The summed E-state index contributed by atoms with van der Waals surface area (Å²) in [4.78, 5) is 10.7. The summed E-state index contributed by atoms with van der Waals surface area (Å²) in [6.07, 6.45) is 4.06. The summed E-state index contributed by atoms with van der Waals surface area (Å²) < 4.78 is 15.6. The molecule has 0 radical (unpaired) electrons. The molecule has 0 N–H and O–H groups in total. The minimum atomic E-state index is -0.231. The van der Waals surface area contributed by atoms with E-state index >= 15 is 0 Å². The zero-order chi connectivity index (χ0) is 9.80. The van der Waals surface area contributed by atoms with Gasteiger partial charge in [-0.3, -0.25) is 0 Å². The number of carbonyl (C=O) groups excluding carboxylic acids is 1. The van der Waals surface area contributed by atoms with Crippen LogP contribution in [0.15, 0.2) is 11.6 Å². The van der Waals surface area contributed by atoms with Gasteiger partial charge in [-0.2, -0.15) is 0 Å². The molecule has 0 amide bonds. The standard InChI is InChI=1S/C10H14O4/c11-9-6-8(7-14-9)2-3-10-12-4-1-5-13-10/h6,10H,1-5,7H2. The molecule has 4 heteroatoms. The molecule has 0 atom stereocenters. The second kappa shape index (κ2) is 4.57. The molecule has 78 valence electrons. The monoisotopic (exact) mass is 198 g/mol. The second-order valence-electron chi connectivity index (χ2n) is 3.47. The normalized spacial score (nSPS) is 23.4. The first-order valence-electron chi connectivity index (χ1n) is 4.94. The minimum absolute atomic E-state index is 0.0969. The predicted octanol–water partition coefficient (Wildman–Crippen LogP) is 1.01. The van der Waals surface area contributed by atoms with Gasteiger partial charge in [0.25, 0.3) is 0 Å². The van der Waals surface area contributed by atoms with Crippen LogP contribution in [-0.2, 0) is 19.0 Å². The maximum absolute atomic E-state index is 10.7. The molecule has 0 aliphatic carbocycles. The highest BCUT2D eigenvalue weighted by Gasteiger charge is 2.17. The summed E-state index contributed by atoms with van der Waals surface area (Å²) in [5.74, 6) is -0.231. The highest BCUT2D eigenvalue weighted by molar-refractivity contribution is 5.85. The van der Waals surface area contributed by atoms with E-state index in [1.54, 1.807) is 6.08 Å². The number of cyclic esters (lactones) is 1. The van der Waals surface area contributed by atoms with Gasteiger partial charge in [-0.1, -0.05) is 0 Å². The third-order valence-corrected chi connectivity index (χ3v) is 2.32. The molecule has 4 nitrogen and oxygen atoms in total. The molecular formula is C10H14O4. The van der Waals surface area contributed by atoms with E-state index in [-0.39, 0.29) is 12.3 Å². The van der Waals surface area contributed by atoms with E-state index < -0.39 is 0 Å². The van der Waals surface area contributed by atoms with Crippen LogP contribution < -0.4 is 0 Å². The van der Waals surface area contributed by atoms with Gasteiger partial charge < -0.3 is 14.2 Å². The summed E-state index contributed by atoms with van der Waals surface area (Å²) in [7, 11) is 0. The van der Waals surface area contributed by atoms with E-state index in [1.165, 1.54) is 0 Å². The molecule has 0 saturated carbocycles. The van der Waals surface area contributed by atoms with Gasteiger partial charge in [0, 0.05) is 12.5 Å². The number of rotatable bonds is 3. The summed E-state index contributed by atoms with van der Waals surface area (Å²) in [5.41, 5.74) is 1.03. The number of ether oxygens (including phenoxy) is 3. The number of esters is 1. The Morgan fingerprint density at radius 3 is 2.79 bits per heavy atom. The molecule has 1 fully saturated rings. The summed E-state index contributed by atoms with van der Waals surface area (Å²) >= 11 is 0. The van der Waals surface area contributed by atoms with Gasteiger partial charge in [0.2, 0.25) is 0 Å². The lowest BCUT2D eigenvalue weighted by atomic mass is 10.1. The van der Waals surface area contributed by atoms with Crippen molar-refractivity contribution in [3.05, 3.63) is 11.6 Å². The Morgan fingerprint density at radius 1 is 1.36 bits per heavy atom. The third kappa shape index (κ3) is 2.56. The molecule has 0 aromatic rings. The van der Waals surface area contributed by atoms with Crippen LogP contribution in [0.1, 0.15) is 19.3 Å². The van der Waals surface area contributed by atoms with Crippen LogP contribution in [0.25, 0.3) is 0 Å². The Balaban J connectivity index is 1.71. The lowest BCUT2D eigenvalue weighted by Crippen LogP contribution is -2.24. The first-order valence-corrected chi connectivity index (χ1v) is 4.94. The van der Waals surface area contributed by atoms with Crippen LogP contribution in [0, 0.1) is 0 Å². The van der Waals surface area contributed by atoms with Gasteiger partial charge in [-0.25, -0.2) is 4.79 Å². The first kappa shape index (κ1) is 9.68. The average Bonchev–Trinajstić information content (AvgIpc) is 2.63. The van der Waals surface area contributed by atoms with Crippen molar-refractivity contribution in [3.63, 3.8) is 0 Å². The van der Waals surface area contributed by atoms with Crippen molar-refractivity contribution in [2.75, 3.05) is 19.8 Å². The molecular weight excluding hydrogens is 184 g/mol. The Labute approximate surface area is 82.8 Å². The van der Waals surface area contributed by atoms with Crippen molar-refractivity contribution in [2.45, 2.75) is 25.6 Å². The quantitative estimate of drug-likeness (QED) is 0.635. The molecule has 1 saturated heterocycles. The molecule has 2 aliphatic heterocycles. The molecule has 2 heterocycles. The van der Waals surface area contributed by atoms with Crippen LogP contribution >= 0.6 is 0 Å². The maximum Gasteiger partial charge on any atom is 0.331 e. The largest absolute Gasteiger partial charge is 0.458 e. The smallest absolute Gasteiger partial charge is 0.331 e. The summed E-state index contributed by atoms with van der Waals surface area (Å²) in [5, 5.41) is 0. The summed E-state index contributed by atoms with van der Waals surface area (Å²) in [6, 6.07) is 0. The van der Waals surface area contributed by atoms with Crippen molar-refractivity contribution >= 4 is 5.97 Å². The maximum atomic E-state index is 10.7. The van der Waals surface area contributed by atoms with Gasteiger partial charge in [0.15, 0.2) is 6.29 Å². The van der Waals surface area contributed by atoms with Crippen LogP contribution in [0.5, 0.6) is 0 Å². The molecule has 0 spiro atoms. The molecule has 0 aromatic heterocycles. The van der Waals surface area contributed by atoms with E-state index in [9.17, 15) is 4.79 Å². The lowest BCUT2D eigenvalue weighted by molar-refractivity contribution is -0.180. The topological polar surface area (TPSA) is 44.8 Å². The van der Waals surface area contributed by atoms with E-state index in [4.69, 9.17) is 14.2 Å². The molecule has 14 heavy (non-hydrogen) atoms. The van der Waals surface area contributed by atoms with Crippen molar-refractivity contribution in [2.24, 2.45) is 0 Å². The highest BCUT2D eigenvalue weighted by atomic mass is 16.7. The Hall–Kier alpha value is -0.870. The summed E-state index contributed by atoms with van der Waals surface area (Å²) in [6.45, 7) is 1.99. The molecule has 0 bridgehead atoms. The minimum Gasteiger partial charge on any atom is -0.458 e. The molecule has 2 aliphatic rings. The average molecular weight is 198 g/mol. The Bertz CT molecular complexity index is 241. The van der Waals surface area contributed by atoms with Crippen LogP contribution in [0.4, 0.5) is 0 Å². The van der Waals surface area contributed by atoms with Gasteiger partial charge in [-0.15, -0.1) is 0 Å². The van der Waals surface area contributed by atoms with Crippen molar-refractivity contribution in [3.8, 4) is 0 Å². The van der Waals surface area contributed by atoms with Crippen LogP contribution in [0.3, 0.4) is 0 Å². The Kier molecular flexibility index (Phi) is 3.16. The van der Waals surface area contributed by atoms with Gasteiger partial charge in [0.05, 0.1) is 13.2 Å². The van der Waals surface area contributed by atoms with Gasteiger partial charge in [0.1, 0.15) is 6.61 Å². The zero-order valence-electron chi connectivity index (χ0n) is 8.03. The number of carbonyl (C=O) groups is 1. The van der Waals surface area contributed by atoms with Crippen molar-refractivity contribution in [1.82, 2.24) is 0 Å². The van der Waals surface area contributed by atoms with Gasteiger partial charge in [-0.05, 0) is 18.4 Å². The molecule has 0 unspecified atom stereocenters. The fraction of sp³-hybridized carbons (Fsp3) is 0.700. The highest BCUT2D eigenvalue weighted by Crippen LogP contribution is 2.17. The van der Waals surface area contributed by atoms with E-state index in [0.29, 0.717) is 6.61 Å². The van der Waals surface area contributed by atoms with Crippen LogP contribution in [-0.4, -0.2) is 32.1 Å². The van der Waals surface area contributed by atoms with E-state index in [2.05, 4.69) is 0 Å².